The van der Waals surface area contributed by atoms with Crippen molar-refractivity contribution in [2.45, 2.75) is 30.7 Å². The van der Waals surface area contributed by atoms with Gasteiger partial charge >= 0.3 is 0 Å². The van der Waals surface area contributed by atoms with Crippen molar-refractivity contribution in [3.8, 4) is 0 Å². The van der Waals surface area contributed by atoms with Gasteiger partial charge < -0.3 is 10.1 Å². The van der Waals surface area contributed by atoms with Crippen LogP contribution in [-0.2, 0) is 4.74 Å². The first kappa shape index (κ1) is 13.4. The third kappa shape index (κ3) is 3.50. The zero-order valence-electron chi connectivity index (χ0n) is 10.6. The lowest BCUT2D eigenvalue weighted by atomic mass is 9.93. The monoisotopic (exact) mass is 265 g/mol. The molecule has 0 aliphatic carbocycles. The predicted octanol–water partition coefficient (Wildman–Crippen LogP) is 2.52. The van der Waals surface area contributed by atoms with E-state index in [1.54, 1.807) is 6.07 Å². The van der Waals surface area contributed by atoms with Crippen LogP contribution in [0.4, 0.5) is 0 Å². The van der Waals surface area contributed by atoms with Crippen LogP contribution >= 0.6 is 12.6 Å². The van der Waals surface area contributed by atoms with Crippen LogP contribution < -0.4 is 5.32 Å². The number of amides is 1. The van der Waals surface area contributed by atoms with Gasteiger partial charge in [0.15, 0.2) is 0 Å². The molecule has 1 unspecified atom stereocenters. The van der Waals surface area contributed by atoms with E-state index in [2.05, 4.69) is 24.9 Å². The zero-order chi connectivity index (χ0) is 13.0. The smallest absolute Gasteiger partial charge is 0.251 e. The van der Waals surface area contributed by atoms with Crippen LogP contribution in [0.25, 0.3) is 0 Å². The molecule has 0 saturated carbocycles. The fourth-order valence-corrected chi connectivity index (χ4v) is 2.50. The van der Waals surface area contributed by atoms with Gasteiger partial charge in [-0.15, -0.1) is 12.6 Å². The number of hydrogen-bond acceptors (Lipinski definition) is 3. The molecule has 1 aliphatic heterocycles. The summed E-state index contributed by atoms with van der Waals surface area (Å²) < 4.78 is 5.33. The number of ether oxygens (including phenoxy) is 1. The molecule has 4 heteroatoms. The molecule has 1 aromatic carbocycles. The maximum atomic E-state index is 12.1. The summed E-state index contributed by atoms with van der Waals surface area (Å²) in [6.07, 6.45) is 2.04. The van der Waals surface area contributed by atoms with Gasteiger partial charge in [0, 0.05) is 29.7 Å². The summed E-state index contributed by atoms with van der Waals surface area (Å²) in [5.41, 5.74) is 0.668. The second kappa shape index (κ2) is 6.25. The molecule has 1 aliphatic rings. The first-order valence-electron chi connectivity index (χ1n) is 6.34. The normalized spacial score (nSPS) is 18.3. The molecule has 0 bridgehead atoms. The third-order valence-electron chi connectivity index (χ3n) is 3.44. The average molecular weight is 265 g/mol. The Morgan fingerprint density at radius 2 is 2.17 bits per heavy atom. The minimum atomic E-state index is -0.0232. The molecule has 98 valence electrons. The number of carbonyl (C=O) groups excluding carboxylic acids is 1. The van der Waals surface area contributed by atoms with Gasteiger partial charge in [-0.1, -0.05) is 6.07 Å². The fraction of sp³-hybridized carbons (Fsp3) is 0.500. The highest BCUT2D eigenvalue weighted by Gasteiger charge is 2.22. The molecule has 18 heavy (non-hydrogen) atoms. The lowest BCUT2D eigenvalue weighted by molar-refractivity contribution is 0.0538. The van der Waals surface area contributed by atoms with E-state index in [-0.39, 0.29) is 11.9 Å². The van der Waals surface area contributed by atoms with Gasteiger partial charge in [-0.2, -0.15) is 0 Å². The summed E-state index contributed by atoms with van der Waals surface area (Å²) in [5.74, 6) is 0.492. The van der Waals surface area contributed by atoms with Crippen LogP contribution in [0.3, 0.4) is 0 Å². The van der Waals surface area contributed by atoms with E-state index in [0.29, 0.717) is 11.5 Å². The first-order valence-corrected chi connectivity index (χ1v) is 6.79. The molecule has 1 N–H and O–H groups in total. The molecule has 1 saturated heterocycles. The Balaban J connectivity index is 1.94. The lowest BCUT2D eigenvalue weighted by Crippen LogP contribution is -2.40. The van der Waals surface area contributed by atoms with Gasteiger partial charge in [0.1, 0.15) is 0 Å². The summed E-state index contributed by atoms with van der Waals surface area (Å²) in [4.78, 5) is 12.9. The van der Waals surface area contributed by atoms with E-state index in [1.807, 2.05) is 18.2 Å². The summed E-state index contributed by atoms with van der Waals surface area (Å²) >= 11 is 4.24. The maximum absolute atomic E-state index is 12.1. The molecule has 0 radical (unpaired) electrons. The summed E-state index contributed by atoms with van der Waals surface area (Å²) in [7, 11) is 0. The van der Waals surface area contributed by atoms with Gasteiger partial charge in [0.25, 0.3) is 5.91 Å². The van der Waals surface area contributed by atoms with Gasteiger partial charge in [-0.05, 0) is 43.9 Å². The van der Waals surface area contributed by atoms with E-state index >= 15 is 0 Å². The Kier molecular flexibility index (Phi) is 4.66. The molecule has 1 heterocycles. The highest BCUT2D eigenvalue weighted by Crippen LogP contribution is 2.19. The molecule has 1 aromatic rings. The molecule has 0 spiro atoms. The molecule has 2 rings (SSSR count). The summed E-state index contributed by atoms with van der Waals surface area (Å²) in [5, 5.41) is 3.06. The Labute approximate surface area is 113 Å². The van der Waals surface area contributed by atoms with Crippen LogP contribution in [0.5, 0.6) is 0 Å². The van der Waals surface area contributed by atoms with E-state index in [4.69, 9.17) is 4.74 Å². The van der Waals surface area contributed by atoms with E-state index < -0.39 is 0 Å². The number of hydrogen-bond donors (Lipinski definition) is 2. The van der Waals surface area contributed by atoms with Gasteiger partial charge in [-0.3, -0.25) is 4.79 Å². The Morgan fingerprint density at radius 3 is 2.83 bits per heavy atom. The van der Waals surface area contributed by atoms with Crippen LogP contribution in [0.2, 0.25) is 0 Å². The van der Waals surface area contributed by atoms with Crippen molar-refractivity contribution < 1.29 is 9.53 Å². The highest BCUT2D eigenvalue weighted by molar-refractivity contribution is 7.80. The second-order valence-electron chi connectivity index (χ2n) is 4.76. The Morgan fingerprint density at radius 1 is 1.44 bits per heavy atom. The standard InChI is InChI=1S/C14H19NO2S/c1-10(11-5-7-17-8-6-11)15-14(16)12-3-2-4-13(18)9-12/h2-4,9-11,18H,5-8H2,1H3,(H,15,16). The first-order chi connectivity index (χ1) is 8.66. The molecule has 0 aromatic heterocycles. The topological polar surface area (TPSA) is 38.3 Å². The summed E-state index contributed by atoms with van der Waals surface area (Å²) in [6.45, 7) is 3.67. The predicted molar refractivity (Wildman–Crippen MR) is 74.2 cm³/mol. The van der Waals surface area contributed by atoms with Crippen molar-refractivity contribution in [2.24, 2.45) is 5.92 Å². The summed E-state index contributed by atoms with van der Waals surface area (Å²) in [6, 6.07) is 7.49. The number of thiol groups is 1. The fourth-order valence-electron chi connectivity index (χ4n) is 2.27. The Hall–Kier alpha value is -1.00. The van der Waals surface area contributed by atoms with E-state index in [9.17, 15) is 4.79 Å². The SMILES string of the molecule is CC(NC(=O)c1cccc(S)c1)C1CCOCC1. The molecule has 1 atom stereocenters. The number of benzene rings is 1. The van der Waals surface area contributed by atoms with Gasteiger partial charge in [0.05, 0.1) is 0 Å². The van der Waals surface area contributed by atoms with Crippen LogP contribution in [0, 0.1) is 5.92 Å². The van der Waals surface area contributed by atoms with E-state index in [0.717, 1.165) is 31.0 Å². The van der Waals surface area contributed by atoms with Crippen molar-refractivity contribution in [3.05, 3.63) is 29.8 Å². The maximum Gasteiger partial charge on any atom is 0.251 e. The molecule has 1 fully saturated rings. The average Bonchev–Trinajstić information content (AvgIpc) is 2.39. The number of rotatable bonds is 3. The van der Waals surface area contributed by atoms with E-state index in [1.165, 1.54) is 0 Å². The van der Waals surface area contributed by atoms with Crippen molar-refractivity contribution >= 4 is 18.5 Å². The van der Waals surface area contributed by atoms with Crippen LogP contribution in [0.1, 0.15) is 30.1 Å². The number of carbonyl (C=O) groups is 1. The Bertz CT molecular complexity index is 416. The van der Waals surface area contributed by atoms with Crippen LogP contribution in [0.15, 0.2) is 29.2 Å². The molecular formula is C14H19NO2S. The molecule has 1 amide bonds. The lowest BCUT2D eigenvalue weighted by Gasteiger charge is -2.28. The minimum absolute atomic E-state index is 0.0232. The molecule has 3 nitrogen and oxygen atoms in total. The quantitative estimate of drug-likeness (QED) is 0.824. The second-order valence-corrected chi connectivity index (χ2v) is 5.28. The minimum Gasteiger partial charge on any atom is -0.381 e. The van der Waals surface area contributed by atoms with Crippen molar-refractivity contribution in [3.63, 3.8) is 0 Å². The molecular weight excluding hydrogens is 246 g/mol. The number of nitrogens with one attached hydrogen (secondary N) is 1. The third-order valence-corrected chi connectivity index (χ3v) is 3.72. The highest BCUT2D eigenvalue weighted by atomic mass is 32.1. The van der Waals surface area contributed by atoms with Crippen molar-refractivity contribution in [1.82, 2.24) is 5.32 Å². The van der Waals surface area contributed by atoms with Gasteiger partial charge in [-0.25, -0.2) is 0 Å². The largest absolute Gasteiger partial charge is 0.381 e. The van der Waals surface area contributed by atoms with Crippen LogP contribution in [-0.4, -0.2) is 25.2 Å². The van der Waals surface area contributed by atoms with Crippen molar-refractivity contribution in [1.29, 1.82) is 0 Å². The van der Waals surface area contributed by atoms with Gasteiger partial charge in [0.2, 0.25) is 0 Å². The zero-order valence-corrected chi connectivity index (χ0v) is 11.5. The van der Waals surface area contributed by atoms with Crippen molar-refractivity contribution in [2.75, 3.05) is 13.2 Å².